The lowest BCUT2D eigenvalue weighted by atomic mass is 10.1. The van der Waals surface area contributed by atoms with Gasteiger partial charge < -0.3 is 10.6 Å². The predicted molar refractivity (Wildman–Crippen MR) is 107 cm³/mol. The fourth-order valence-corrected chi connectivity index (χ4v) is 4.31. The minimum atomic E-state index is 0.401. The Hall–Kier alpha value is -1.73. The molecule has 3 aromatic rings. The molecule has 5 nitrogen and oxygen atoms in total. The number of rotatable bonds is 4. The quantitative estimate of drug-likeness (QED) is 0.626. The molecule has 26 heavy (non-hydrogen) atoms. The summed E-state index contributed by atoms with van der Waals surface area (Å²) in [5.74, 6) is 0. The highest BCUT2D eigenvalue weighted by Crippen LogP contribution is 2.30. The van der Waals surface area contributed by atoms with Crippen molar-refractivity contribution in [1.29, 1.82) is 0 Å². The molecule has 0 saturated heterocycles. The van der Waals surface area contributed by atoms with Gasteiger partial charge in [-0.1, -0.05) is 29.3 Å². The van der Waals surface area contributed by atoms with E-state index in [0.29, 0.717) is 16.7 Å². The fraction of sp³-hybridized carbons (Fsp3) is 0.278. The van der Waals surface area contributed by atoms with Gasteiger partial charge in [-0.05, 0) is 24.1 Å². The number of thiazole rings is 1. The van der Waals surface area contributed by atoms with Gasteiger partial charge in [0.25, 0.3) is 0 Å². The summed E-state index contributed by atoms with van der Waals surface area (Å²) in [5, 5.41) is 8.68. The van der Waals surface area contributed by atoms with Crippen molar-refractivity contribution in [2.75, 3.05) is 11.9 Å². The number of anilines is 1. The van der Waals surface area contributed by atoms with Crippen molar-refractivity contribution >= 4 is 39.7 Å². The third-order valence-corrected chi connectivity index (χ3v) is 5.82. The van der Waals surface area contributed by atoms with Crippen molar-refractivity contribution in [3.05, 3.63) is 56.4 Å². The van der Waals surface area contributed by atoms with Gasteiger partial charge in [0.05, 0.1) is 16.4 Å². The topological polar surface area (TPSA) is 62.7 Å². The van der Waals surface area contributed by atoms with E-state index in [2.05, 4.69) is 31.7 Å². The summed E-state index contributed by atoms with van der Waals surface area (Å²) in [5.41, 5.74) is 4.96. The summed E-state index contributed by atoms with van der Waals surface area (Å²) >= 11 is 14.0. The second-order valence-corrected chi connectivity index (χ2v) is 8.04. The Morgan fingerprint density at radius 1 is 1.23 bits per heavy atom. The molecule has 4 rings (SSSR count). The Morgan fingerprint density at radius 2 is 2.12 bits per heavy atom. The molecule has 0 bridgehead atoms. The number of fused-ring (bicyclic) bond motifs is 1. The molecule has 8 heteroatoms. The number of halogens is 2. The van der Waals surface area contributed by atoms with E-state index in [0.717, 1.165) is 47.0 Å². The van der Waals surface area contributed by atoms with Gasteiger partial charge in [0, 0.05) is 48.9 Å². The Labute approximate surface area is 165 Å². The van der Waals surface area contributed by atoms with E-state index < -0.39 is 0 Å². The summed E-state index contributed by atoms with van der Waals surface area (Å²) in [7, 11) is 0. The molecule has 0 aromatic carbocycles. The van der Waals surface area contributed by atoms with Gasteiger partial charge >= 0.3 is 0 Å². The molecule has 4 heterocycles. The van der Waals surface area contributed by atoms with Crippen LogP contribution >= 0.6 is 34.5 Å². The minimum Gasteiger partial charge on any atom is -0.357 e. The van der Waals surface area contributed by atoms with Crippen LogP contribution in [0.2, 0.25) is 10.2 Å². The van der Waals surface area contributed by atoms with Crippen molar-refractivity contribution in [2.45, 2.75) is 26.4 Å². The van der Waals surface area contributed by atoms with Gasteiger partial charge in [-0.2, -0.15) is 0 Å². The molecular weight excluding hydrogens is 389 g/mol. The standard InChI is InChI=1S/C18H17Cl2N5S/c1-10-4-11(6-23-17(10)12-5-16(20)22-8-13(12)19)7-24-18-25-14-2-3-21-9-15(14)26-18/h4-6,8,21H,2-3,7,9H2,1H3,(H,24,25). The van der Waals surface area contributed by atoms with Gasteiger partial charge in [0.1, 0.15) is 5.15 Å². The molecule has 0 atom stereocenters. The average molecular weight is 406 g/mol. The molecule has 0 fully saturated rings. The molecule has 0 saturated carbocycles. The molecule has 1 aliphatic rings. The van der Waals surface area contributed by atoms with E-state index >= 15 is 0 Å². The van der Waals surface area contributed by atoms with Gasteiger partial charge in [0.15, 0.2) is 5.13 Å². The Kier molecular flexibility index (Phi) is 5.09. The summed E-state index contributed by atoms with van der Waals surface area (Å²) in [6.07, 6.45) is 4.40. The SMILES string of the molecule is Cc1cc(CNc2nc3c(s2)CNCC3)cnc1-c1cc(Cl)ncc1Cl. The average Bonchev–Trinajstić information content (AvgIpc) is 3.05. The first-order valence-electron chi connectivity index (χ1n) is 8.30. The fourth-order valence-electron chi connectivity index (χ4n) is 2.99. The lowest BCUT2D eigenvalue weighted by Crippen LogP contribution is -2.22. The molecule has 0 spiro atoms. The summed E-state index contributed by atoms with van der Waals surface area (Å²) in [6, 6.07) is 3.85. The Morgan fingerprint density at radius 3 is 2.92 bits per heavy atom. The zero-order chi connectivity index (χ0) is 18.1. The van der Waals surface area contributed by atoms with E-state index in [1.807, 2.05) is 13.1 Å². The molecule has 2 N–H and O–H groups in total. The molecule has 0 radical (unpaired) electrons. The number of hydrogen-bond donors (Lipinski definition) is 2. The monoisotopic (exact) mass is 405 g/mol. The first kappa shape index (κ1) is 17.7. The van der Waals surface area contributed by atoms with Gasteiger partial charge in [-0.3, -0.25) is 4.98 Å². The third kappa shape index (κ3) is 3.69. The van der Waals surface area contributed by atoms with Crippen LogP contribution in [0.25, 0.3) is 11.3 Å². The van der Waals surface area contributed by atoms with Crippen molar-refractivity contribution in [2.24, 2.45) is 0 Å². The highest BCUT2D eigenvalue weighted by atomic mass is 35.5. The molecule has 0 unspecified atom stereocenters. The van der Waals surface area contributed by atoms with Crippen LogP contribution in [0.1, 0.15) is 21.7 Å². The Bertz CT molecular complexity index is 933. The predicted octanol–water partition coefficient (Wildman–Crippen LogP) is 4.47. The first-order chi connectivity index (χ1) is 12.6. The van der Waals surface area contributed by atoms with Crippen molar-refractivity contribution < 1.29 is 0 Å². The van der Waals surface area contributed by atoms with Gasteiger partial charge in [-0.25, -0.2) is 9.97 Å². The number of nitrogens with one attached hydrogen (secondary N) is 2. The molecular formula is C18H17Cl2N5S. The van der Waals surface area contributed by atoms with E-state index in [1.54, 1.807) is 23.6 Å². The van der Waals surface area contributed by atoms with Crippen molar-refractivity contribution in [1.82, 2.24) is 20.3 Å². The maximum absolute atomic E-state index is 6.25. The third-order valence-electron chi connectivity index (χ3n) is 4.26. The summed E-state index contributed by atoms with van der Waals surface area (Å²) in [4.78, 5) is 14.6. The van der Waals surface area contributed by atoms with Crippen LogP contribution in [0.15, 0.2) is 24.5 Å². The number of aryl methyl sites for hydroxylation is 1. The van der Waals surface area contributed by atoms with E-state index in [4.69, 9.17) is 23.2 Å². The second kappa shape index (κ2) is 7.48. The lowest BCUT2D eigenvalue weighted by molar-refractivity contribution is 0.644. The first-order valence-corrected chi connectivity index (χ1v) is 9.87. The van der Waals surface area contributed by atoms with Crippen LogP contribution in [0.3, 0.4) is 0 Å². The maximum atomic E-state index is 6.25. The molecule has 1 aliphatic heterocycles. The zero-order valence-electron chi connectivity index (χ0n) is 14.1. The van der Waals surface area contributed by atoms with Crippen molar-refractivity contribution in [3.63, 3.8) is 0 Å². The lowest BCUT2D eigenvalue weighted by Gasteiger charge is -2.10. The van der Waals surface area contributed by atoms with Crippen LogP contribution in [0.5, 0.6) is 0 Å². The van der Waals surface area contributed by atoms with Crippen LogP contribution in [-0.4, -0.2) is 21.5 Å². The zero-order valence-corrected chi connectivity index (χ0v) is 16.5. The van der Waals surface area contributed by atoms with Crippen LogP contribution < -0.4 is 10.6 Å². The summed E-state index contributed by atoms with van der Waals surface area (Å²) < 4.78 is 0. The summed E-state index contributed by atoms with van der Waals surface area (Å²) in [6.45, 7) is 4.62. The number of hydrogen-bond acceptors (Lipinski definition) is 6. The van der Waals surface area contributed by atoms with E-state index in [9.17, 15) is 0 Å². The highest BCUT2D eigenvalue weighted by molar-refractivity contribution is 7.15. The number of nitrogens with zero attached hydrogens (tertiary/aromatic N) is 3. The number of pyridine rings is 2. The largest absolute Gasteiger partial charge is 0.357 e. The van der Waals surface area contributed by atoms with E-state index in [1.165, 1.54) is 10.6 Å². The van der Waals surface area contributed by atoms with Gasteiger partial charge in [0.2, 0.25) is 0 Å². The van der Waals surface area contributed by atoms with Crippen molar-refractivity contribution in [3.8, 4) is 11.3 Å². The number of aromatic nitrogens is 3. The molecule has 0 amide bonds. The molecule has 3 aromatic heterocycles. The molecule has 0 aliphatic carbocycles. The van der Waals surface area contributed by atoms with Crippen LogP contribution in [-0.2, 0) is 19.5 Å². The highest BCUT2D eigenvalue weighted by Gasteiger charge is 2.15. The van der Waals surface area contributed by atoms with E-state index in [-0.39, 0.29) is 0 Å². The molecule has 134 valence electrons. The second-order valence-electron chi connectivity index (χ2n) is 6.17. The van der Waals surface area contributed by atoms with Crippen LogP contribution in [0, 0.1) is 6.92 Å². The normalized spacial score (nSPS) is 13.5. The minimum absolute atomic E-state index is 0.401. The van der Waals surface area contributed by atoms with Gasteiger partial charge in [-0.15, -0.1) is 11.3 Å². The maximum Gasteiger partial charge on any atom is 0.183 e. The Balaban J connectivity index is 1.51. The smallest absolute Gasteiger partial charge is 0.183 e. The van der Waals surface area contributed by atoms with Crippen LogP contribution in [0.4, 0.5) is 5.13 Å².